The standard InChI is InChI=1S/C15H12FN3S/c1-8-13(11-4-9(7-17)5-12(16)6-11)18-14(10-2-3-10)19-15(8)20/h4-6,10H,2-3H2,1H3,(H,18,19,20). The van der Waals surface area contributed by atoms with Gasteiger partial charge in [-0.25, -0.2) is 9.37 Å². The summed E-state index contributed by atoms with van der Waals surface area (Å²) in [6.45, 7) is 1.86. The van der Waals surface area contributed by atoms with Crippen LogP contribution in [0.3, 0.4) is 0 Å². The fourth-order valence-corrected chi connectivity index (χ4v) is 2.39. The molecule has 1 aromatic carbocycles. The highest BCUT2D eigenvalue weighted by Crippen LogP contribution is 2.39. The Morgan fingerprint density at radius 3 is 2.80 bits per heavy atom. The summed E-state index contributed by atoms with van der Waals surface area (Å²) in [5.41, 5.74) is 2.49. The quantitative estimate of drug-likeness (QED) is 0.848. The fraction of sp³-hybridized carbons (Fsp3) is 0.267. The zero-order valence-corrected chi connectivity index (χ0v) is 11.7. The van der Waals surface area contributed by atoms with Crippen LogP contribution in [0.1, 0.15) is 35.7 Å². The summed E-state index contributed by atoms with van der Waals surface area (Å²) in [6, 6.07) is 6.25. The summed E-state index contributed by atoms with van der Waals surface area (Å²) in [6.07, 6.45) is 2.21. The molecule has 5 heteroatoms. The highest BCUT2D eigenvalue weighted by molar-refractivity contribution is 7.71. The second kappa shape index (κ2) is 4.80. The van der Waals surface area contributed by atoms with E-state index in [1.165, 1.54) is 12.1 Å². The molecule has 1 N–H and O–H groups in total. The lowest BCUT2D eigenvalue weighted by Gasteiger charge is -2.10. The SMILES string of the molecule is Cc1c(-c2cc(F)cc(C#N)c2)[nH]c(C2CC2)nc1=S. The van der Waals surface area contributed by atoms with E-state index < -0.39 is 5.82 Å². The fourth-order valence-electron chi connectivity index (χ4n) is 2.19. The average molecular weight is 285 g/mol. The van der Waals surface area contributed by atoms with Crippen LogP contribution in [-0.4, -0.2) is 9.97 Å². The van der Waals surface area contributed by atoms with Crippen molar-refractivity contribution in [2.75, 3.05) is 0 Å². The van der Waals surface area contributed by atoms with Crippen LogP contribution in [0, 0.1) is 28.7 Å². The van der Waals surface area contributed by atoms with Crippen LogP contribution in [0.2, 0.25) is 0 Å². The normalized spacial score (nSPS) is 14.1. The molecule has 0 amide bonds. The van der Waals surface area contributed by atoms with Crippen LogP contribution >= 0.6 is 12.2 Å². The Balaban J connectivity index is 2.21. The molecular formula is C15H12FN3S. The van der Waals surface area contributed by atoms with Crippen molar-refractivity contribution in [3.8, 4) is 17.3 Å². The predicted molar refractivity (Wildman–Crippen MR) is 76.2 cm³/mol. The molecule has 3 rings (SSSR count). The summed E-state index contributed by atoms with van der Waals surface area (Å²) in [5.74, 6) is 0.862. The van der Waals surface area contributed by atoms with E-state index >= 15 is 0 Å². The van der Waals surface area contributed by atoms with E-state index in [2.05, 4.69) is 9.97 Å². The molecule has 0 bridgehead atoms. The largest absolute Gasteiger partial charge is 0.343 e. The van der Waals surface area contributed by atoms with Gasteiger partial charge in [-0.05, 0) is 38.0 Å². The van der Waals surface area contributed by atoms with Gasteiger partial charge < -0.3 is 4.98 Å². The zero-order valence-electron chi connectivity index (χ0n) is 10.9. The number of benzene rings is 1. The van der Waals surface area contributed by atoms with Gasteiger partial charge in [0.25, 0.3) is 0 Å². The topological polar surface area (TPSA) is 52.5 Å². The maximum atomic E-state index is 13.6. The first-order chi connectivity index (χ1) is 9.58. The van der Waals surface area contributed by atoms with Crippen LogP contribution in [-0.2, 0) is 0 Å². The first kappa shape index (κ1) is 12.9. The van der Waals surface area contributed by atoms with Gasteiger partial charge in [0.15, 0.2) is 0 Å². The average Bonchev–Trinajstić information content (AvgIpc) is 3.25. The lowest BCUT2D eigenvalue weighted by molar-refractivity contribution is 0.627. The van der Waals surface area contributed by atoms with Gasteiger partial charge in [-0.2, -0.15) is 5.26 Å². The van der Waals surface area contributed by atoms with E-state index in [1.54, 1.807) is 6.07 Å². The minimum Gasteiger partial charge on any atom is -0.343 e. The summed E-state index contributed by atoms with van der Waals surface area (Å²) in [5, 5.41) is 8.95. The monoisotopic (exact) mass is 285 g/mol. The van der Waals surface area contributed by atoms with Gasteiger partial charge in [0.05, 0.1) is 17.3 Å². The maximum absolute atomic E-state index is 13.6. The van der Waals surface area contributed by atoms with E-state index in [9.17, 15) is 4.39 Å². The minimum atomic E-state index is -0.428. The molecule has 3 nitrogen and oxygen atoms in total. The highest BCUT2D eigenvalue weighted by Gasteiger charge is 2.26. The zero-order chi connectivity index (χ0) is 14.3. The lowest BCUT2D eigenvalue weighted by Crippen LogP contribution is -2.00. The van der Waals surface area contributed by atoms with E-state index in [4.69, 9.17) is 17.5 Å². The second-order valence-electron chi connectivity index (χ2n) is 5.04. The minimum absolute atomic E-state index is 0.295. The predicted octanol–water partition coefficient (Wildman–Crippen LogP) is 4.00. The number of rotatable bonds is 2. The third-order valence-electron chi connectivity index (χ3n) is 3.45. The van der Waals surface area contributed by atoms with E-state index in [0.29, 0.717) is 21.7 Å². The van der Waals surface area contributed by atoms with E-state index in [0.717, 1.165) is 29.9 Å². The lowest BCUT2D eigenvalue weighted by atomic mass is 10.0. The molecule has 0 radical (unpaired) electrons. The maximum Gasteiger partial charge on any atom is 0.133 e. The smallest absolute Gasteiger partial charge is 0.133 e. The van der Waals surface area contributed by atoms with Crippen molar-refractivity contribution in [2.24, 2.45) is 0 Å². The molecule has 1 aliphatic rings. The van der Waals surface area contributed by atoms with Gasteiger partial charge in [-0.15, -0.1) is 0 Å². The number of hydrogen-bond donors (Lipinski definition) is 1. The third-order valence-corrected chi connectivity index (χ3v) is 3.85. The highest BCUT2D eigenvalue weighted by atomic mass is 32.1. The van der Waals surface area contributed by atoms with E-state index in [1.807, 2.05) is 13.0 Å². The Bertz CT molecular complexity index is 785. The molecule has 1 aliphatic carbocycles. The van der Waals surface area contributed by atoms with Crippen LogP contribution in [0.25, 0.3) is 11.3 Å². The van der Waals surface area contributed by atoms with Crippen molar-refractivity contribution in [3.63, 3.8) is 0 Å². The van der Waals surface area contributed by atoms with Crippen LogP contribution < -0.4 is 0 Å². The molecule has 2 aromatic rings. The molecule has 0 aliphatic heterocycles. The van der Waals surface area contributed by atoms with Crippen LogP contribution in [0.5, 0.6) is 0 Å². The number of nitrogens with zero attached hydrogens (tertiary/aromatic N) is 2. The summed E-state index contributed by atoms with van der Waals surface area (Å²) < 4.78 is 14.1. The van der Waals surface area contributed by atoms with Gasteiger partial charge in [0.1, 0.15) is 16.3 Å². The summed E-state index contributed by atoms with van der Waals surface area (Å²) in [4.78, 5) is 7.64. The van der Waals surface area contributed by atoms with Crippen LogP contribution in [0.4, 0.5) is 4.39 Å². The van der Waals surface area contributed by atoms with Crippen molar-refractivity contribution in [3.05, 3.63) is 45.6 Å². The van der Waals surface area contributed by atoms with Gasteiger partial charge in [0, 0.05) is 17.0 Å². The number of aromatic amines is 1. The molecule has 100 valence electrons. The van der Waals surface area contributed by atoms with E-state index in [-0.39, 0.29) is 0 Å². The number of aromatic nitrogens is 2. The molecule has 1 heterocycles. The molecular weight excluding hydrogens is 273 g/mol. The number of nitriles is 1. The Hall–Kier alpha value is -2.06. The van der Waals surface area contributed by atoms with Gasteiger partial charge >= 0.3 is 0 Å². The molecule has 0 spiro atoms. The Morgan fingerprint density at radius 1 is 1.40 bits per heavy atom. The van der Waals surface area contributed by atoms with Gasteiger partial charge in [-0.3, -0.25) is 0 Å². The molecule has 1 aromatic heterocycles. The van der Waals surface area contributed by atoms with Crippen molar-refractivity contribution >= 4 is 12.2 Å². The van der Waals surface area contributed by atoms with Crippen molar-refractivity contribution < 1.29 is 4.39 Å². The molecule has 1 saturated carbocycles. The molecule has 0 unspecified atom stereocenters. The number of H-pyrrole nitrogens is 1. The first-order valence-corrected chi connectivity index (χ1v) is 6.81. The van der Waals surface area contributed by atoms with Crippen molar-refractivity contribution in [1.82, 2.24) is 9.97 Å². The van der Waals surface area contributed by atoms with Crippen molar-refractivity contribution in [2.45, 2.75) is 25.7 Å². The van der Waals surface area contributed by atoms with Gasteiger partial charge in [0.2, 0.25) is 0 Å². The van der Waals surface area contributed by atoms with Crippen molar-refractivity contribution in [1.29, 1.82) is 5.26 Å². The molecule has 20 heavy (non-hydrogen) atoms. The Kier molecular flexibility index (Phi) is 3.11. The third kappa shape index (κ3) is 2.35. The molecule has 0 saturated heterocycles. The number of nitrogens with one attached hydrogen (secondary N) is 1. The Morgan fingerprint density at radius 2 is 2.15 bits per heavy atom. The number of halogens is 1. The second-order valence-corrected chi connectivity index (χ2v) is 5.43. The first-order valence-electron chi connectivity index (χ1n) is 6.40. The van der Waals surface area contributed by atoms with Crippen LogP contribution in [0.15, 0.2) is 18.2 Å². The summed E-state index contributed by atoms with van der Waals surface area (Å²) >= 11 is 5.28. The molecule has 0 atom stereocenters. The molecule has 1 fully saturated rings. The van der Waals surface area contributed by atoms with Gasteiger partial charge in [-0.1, -0.05) is 12.2 Å². The summed E-state index contributed by atoms with van der Waals surface area (Å²) in [7, 11) is 0. The Labute approximate surface area is 121 Å². The number of hydrogen-bond acceptors (Lipinski definition) is 3.